The van der Waals surface area contributed by atoms with E-state index >= 15 is 0 Å². The summed E-state index contributed by atoms with van der Waals surface area (Å²) >= 11 is 3.47. The molecule has 4 aromatic carbocycles. The Kier molecular flexibility index (Phi) is 11.8. The molecule has 0 saturated heterocycles. The van der Waals surface area contributed by atoms with Crippen LogP contribution in [0.2, 0.25) is 0 Å². The largest absolute Gasteiger partial charge is 0.457 e. The highest BCUT2D eigenvalue weighted by molar-refractivity contribution is 9.10. The first-order chi connectivity index (χ1) is 21.6. The smallest absolute Gasteiger partial charge is 0.264 e. The Morgan fingerprint density at radius 3 is 2.20 bits per heavy atom. The molecule has 8 nitrogen and oxygen atoms in total. The number of rotatable bonds is 14. The highest BCUT2D eigenvalue weighted by Crippen LogP contribution is 2.29. The summed E-state index contributed by atoms with van der Waals surface area (Å²) in [6.45, 7) is 5.65. The van der Waals surface area contributed by atoms with E-state index in [0.29, 0.717) is 18.0 Å². The molecule has 236 valence electrons. The fourth-order valence-corrected chi connectivity index (χ4v) is 6.48. The molecule has 0 spiro atoms. The Morgan fingerprint density at radius 2 is 1.56 bits per heavy atom. The van der Waals surface area contributed by atoms with E-state index < -0.39 is 28.5 Å². The van der Waals surface area contributed by atoms with Gasteiger partial charge in [-0.3, -0.25) is 13.9 Å². The summed E-state index contributed by atoms with van der Waals surface area (Å²) in [7, 11) is -4.18. The van der Waals surface area contributed by atoms with Crippen LogP contribution in [0.3, 0.4) is 0 Å². The van der Waals surface area contributed by atoms with Crippen LogP contribution in [0.4, 0.5) is 5.69 Å². The van der Waals surface area contributed by atoms with Crippen molar-refractivity contribution in [3.05, 3.63) is 119 Å². The van der Waals surface area contributed by atoms with Gasteiger partial charge < -0.3 is 15.0 Å². The topological polar surface area (TPSA) is 96.0 Å². The van der Waals surface area contributed by atoms with E-state index in [2.05, 4.69) is 21.2 Å². The number of halogens is 1. The minimum absolute atomic E-state index is 0.0504. The number of benzene rings is 4. The third kappa shape index (κ3) is 9.18. The first kappa shape index (κ1) is 33.7. The highest BCUT2D eigenvalue weighted by Gasteiger charge is 2.32. The molecular formula is C35H38BrN3O5S. The average molecular weight is 693 g/mol. The summed E-state index contributed by atoms with van der Waals surface area (Å²) < 4.78 is 36.0. The van der Waals surface area contributed by atoms with Crippen molar-refractivity contribution in [2.24, 2.45) is 0 Å². The molecule has 0 radical (unpaired) electrons. The monoisotopic (exact) mass is 691 g/mol. The van der Waals surface area contributed by atoms with Crippen molar-refractivity contribution in [3.8, 4) is 11.5 Å². The molecule has 1 unspecified atom stereocenters. The number of amides is 2. The molecule has 45 heavy (non-hydrogen) atoms. The SMILES string of the molecule is CCCCNC(=O)C(C)N(Cc1cccc(Br)c1)C(=O)CN(c1ccc(Oc2ccccc2)cc1)S(=O)(=O)c1ccc(C)cc1. The molecule has 0 heterocycles. The molecule has 2 amide bonds. The number of carbonyl (C=O) groups excluding carboxylic acids is 2. The number of nitrogens with zero attached hydrogens (tertiary/aromatic N) is 2. The van der Waals surface area contributed by atoms with E-state index in [1.807, 2.05) is 68.4 Å². The van der Waals surface area contributed by atoms with Gasteiger partial charge in [-0.1, -0.05) is 77.3 Å². The summed E-state index contributed by atoms with van der Waals surface area (Å²) in [5, 5.41) is 2.90. The van der Waals surface area contributed by atoms with Crippen LogP contribution in [0.15, 0.2) is 112 Å². The zero-order chi connectivity index (χ0) is 32.4. The zero-order valence-corrected chi connectivity index (χ0v) is 28.1. The van der Waals surface area contributed by atoms with Crippen molar-refractivity contribution in [1.29, 1.82) is 0 Å². The van der Waals surface area contributed by atoms with Gasteiger partial charge in [0.15, 0.2) is 0 Å². The van der Waals surface area contributed by atoms with Crippen LogP contribution in [-0.2, 0) is 26.2 Å². The van der Waals surface area contributed by atoms with Crippen LogP contribution in [0, 0.1) is 6.92 Å². The quantitative estimate of drug-likeness (QED) is 0.143. The number of nitrogens with one attached hydrogen (secondary N) is 1. The minimum Gasteiger partial charge on any atom is -0.457 e. The number of hydrogen-bond acceptors (Lipinski definition) is 5. The average Bonchev–Trinajstić information content (AvgIpc) is 3.03. The molecule has 10 heteroatoms. The number of aryl methyl sites for hydroxylation is 1. The maximum Gasteiger partial charge on any atom is 0.264 e. The third-order valence-corrected chi connectivity index (χ3v) is 9.51. The van der Waals surface area contributed by atoms with Gasteiger partial charge in [-0.15, -0.1) is 0 Å². The Balaban J connectivity index is 1.69. The van der Waals surface area contributed by atoms with Gasteiger partial charge in [0.2, 0.25) is 11.8 Å². The number of hydrogen-bond donors (Lipinski definition) is 1. The normalized spacial score (nSPS) is 11.8. The molecular weight excluding hydrogens is 654 g/mol. The minimum atomic E-state index is -4.18. The summed E-state index contributed by atoms with van der Waals surface area (Å²) in [5.74, 6) is 0.326. The number of carbonyl (C=O) groups is 2. The van der Waals surface area contributed by atoms with E-state index in [9.17, 15) is 18.0 Å². The summed E-state index contributed by atoms with van der Waals surface area (Å²) in [6.07, 6.45) is 1.72. The lowest BCUT2D eigenvalue weighted by atomic mass is 10.1. The van der Waals surface area contributed by atoms with Crippen LogP contribution < -0.4 is 14.4 Å². The number of unbranched alkanes of at least 4 members (excludes halogenated alkanes) is 1. The molecule has 1 atom stereocenters. The predicted octanol–water partition coefficient (Wildman–Crippen LogP) is 7.08. The van der Waals surface area contributed by atoms with Crippen LogP contribution in [0.5, 0.6) is 11.5 Å². The van der Waals surface area contributed by atoms with Gasteiger partial charge in [-0.05, 0) is 86.5 Å². The molecule has 0 fully saturated rings. The summed E-state index contributed by atoms with van der Waals surface area (Å²) in [4.78, 5) is 28.8. The first-order valence-corrected chi connectivity index (χ1v) is 17.1. The molecule has 0 saturated carbocycles. The lowest BCUT2D eigenvalue weighted by molar-refractivity contribution is -0.139. The predicted molar refractivity (Wildman–Crippen MR) is 181 cm³/mol. The molecule has 0 aliphatic rings. The molecule has 4 rings (SSSR count). The third-order valence-electron chi connectivity index (χ3n) is 7.23. The summed E-state index contributed by atoms with van der Waals surface area (Å²) in [6, 6.07) is 28.9. The van der Waals surface area contributed by atoms with E-state index in [0.717, 1.165) is 32.7 Å². The summed E-state index contributed by atoms with van der Waals surface area (Å²) in [5.41, 5.74) is 1.98. The van der Waals surface area contributed by atoms with Crippen molar-refractivity contribution in [3.63, 3.8) is 0 Å². The van der Waals surface area contributed by atoms with Crippen molar-refractivity contribution in [1.82, 2.24) is 10.2 Å². The van der Waals surface area contributed by atoms with Crippen LogP contribution in [0.25, 0.3) is 0 Å². The van der Waals surface area contributed by atoms with Crippen LogP contribution >= 0.6 is 15.9 Å². The van der Waals surface area contributed by atoms with E-state index in [1.54, 1.807) is 43.3 Å². The second-order valence-electron chi connectivity index (χ2n) is 10.7. The van der Waals surface area contributed by atoms with Gasteiger partial charge in [0.05, 0.1) is 10.6 Å². The number of sulfonamides is 1. The lowest BCUT2D eigenvalue weighted by Gasteiger charge is -2.32. The molecule has 4 aromatic rings. The number of para-hydroxylation sites is 1. The second-order valence-corrected chi connectivity index (χ2v) is 13.5. The Morgan fingerprint density at radius 1 is 0.889 bits per heavy atom. The number of ether oxygens (including phenoxy) is 1. The van der Waals surface area contributed by atoms with Gasteiger partial charge in [0, 0.05) is 17.6 Å². The number of anilines is 1. The van der Waals surface area contributed by atoms with E-state index in [4.69, 9.17) is 4.74 Å². The standard InChI is InChI=1S/C35H38BrN3O5S/c1-4-5-22-37-35(41)27(3)38(24-28-10-9-11-29(36)23-28)34(40)25-39(45(42,43)33-20-14-26(2)15-21-33)30-16-18-32(19-17-30)44-31-12-7-6-8-13-31/h6-21,23,27H,4-5,22,24-25H2,1-3H3,(H,37,41). The van der Waals surface area contributed by atoms with Crippen molar-refractivity contribution in [2.75, 3.05) is 17.4 Å². The maximum absolute atomic E-state index is 14.1. The first-order valence-electron chi connectivity index (χ1n) is 14.8. The van der Waals surface area contributed by atoms with Gasteiger partial charge in [-0.2, -0.15) is 0 Å². The Bertz CT molecular complexity index is 1680. The highest BCUT2D eigenvalue weighted by atomic mass is 79.9. The van der Waals surface area contributed by atoms with Crippen LogP contribution in [-0.4, -0.2) is 44.3 Å². The van der Waals surface area contributed by atoms with Crippen LogP contribution in [0.1, 0.15) is 37.8 Å². The molecule has 0 aliphatic heterocycles. The Hall–Kier alpha value is -4.15. The fourth-order valence-electron chi connectivity index (χ4n) is 4.62. The molecule has 0 aromatic heterocycles. The van der Waals surface area contributed by atoms with Crippen molar-refractivity contribution in [2.45, 2.75) is 51.1 Å². The van der Waals surface area contributed by atoms with Crippen molar-refractivity contribution < 1.29 is 22.7 Å². The fraction of sp³-hybridized carbons (Fsp3) is 0.257. The van der Waals surface area contributed by atoms with Gasteiger partial charge in [0.1, 0.15) is 24.1 Å². The van der Waals surface area contributed by atoms with E-state index in [1.165, 1.54) is 17.0 Å². The van der Waals surface area contributed by atoms with Gasteiger partial charge in [0.25, 0.3) is 10.0 Å². The Labute approximate surface area is 274 Å². The molecule has 1 N–H and O–H groups in total. The molecule has 0 bridgehead atoms. The zero-order valence-electron chi connectivity index (χ0n) is 25.6. The molecule has 0 aliphatic carbocycles. The lowest BCUT2D eigenvalue weighted by Crippen LogP contribution is -2.51. The second kappa shape index (κ2) is 15.7. The van der Waals surface area contributed by atoms with Gasteiger partial charge >= 0.3 is 0 Å². The van der Waals surface area contributed by atoms with Crippen molar-refractivity contribution >= 4 is 43.5 Å². The van der Waals surface area contributed by atoms with E-state index in [-0.39, 0.29) is 23.0 Å². The van der Waals surface area contributed by atoms with Gasteiger partial charge in [-0.25, -0.2) is 8.42 Å². The maximum atomic E-state index is 14.1.